The fourth-order valence-electron chi connectivity index (χ4n) is 3.97. The van der Waals surface area contributed by atoms with Gasteiger partial charge in [0.2, 0.25) is 5.91 Å². The summed E-state index contributed by atoms with van der Waals surface area (Å²) in [5.74, 6) is 1.28. The number of aromatic nitrogens is 3. The van der Waals surface area contributed by atoms with Crippen molar-refractivity contribution in [2.24, 2.45) is 0 Å². The van der Waals surface area contributed by atoms with Crippen LogP contribution in [-0.4, -0.2) is 76.5 Å². The summed E-state index contributed by atoms with van der Waals surface area (Å²) in [5.41, 5.74) is 3.40. The number of nitrogens with zero attached hydrogens (tertiary/aromatic N) is 6. The number of carbonyl (C=O) groups excluding carboxylic acids is 1. The lowest BCUT2D eigenvalue weighted by atomic mass is 10.2. The molecule has 0 aliphatic carbocycles. The Kier molecular flexibility index (Phi) is 7.80. The number of rotatable bonds is 7. The first-order valence-corrected chi connectivity index (χ1v) is 12.8. The molecule has 2 aromatic carbocycles. The second-order valence-electron chi connectivity index (χ2n) is 8.79. The summed E-state index contributed by atoms with van der Waals surface area (Å²) in [7, 11) is 4.02. The molecule has 0 radical (unpaired) electrons. The van der Waals surface area contributed by atoms with Crippen molar-refractivity contribution in [3.05, 3.63) is 64.9 Å². The second-order valence-corrected chi connectivity index (χ2v) is 10.2. The Morgan fingerprint density at radius 2 is 1.76 bits per heavy atom. The zero-order valence-corrected chi connectivity index (χ0v) is 21.7. The molecule has 0 spiro atoms. The fourth-order valence-corrected chi connectivity index (χ4v) is 4.95. The lowest BCUT2D eigenvalue weighted by Gasteiger charge is -2.36. The quantitative estimate of drug-likeness (QED) is 0.453. The predicted molar refractivity (Wildman–Crippen MR) is 139 cm³/mol. The van der Waals surface area contributed by atoms with E-state index in [1.165, 1.54) is 23.0 Å². The number of aryl methyl sites for hydroxylation is 1. The highest BCUT2D eigenvalue weighted by Crippen LogP contribution is 2.28. The van der Waals surface area contributed by atoms with Crippen molar-refractivity contribution in [1.29, 1.82) is 0 Å². The first-order valence-electron chi connectivity index (χ1n) is 11.4. The Hall–Kier alpha value is -2.55. The van der Waals surface area contributed by atoms with Crippen LogP contribution in [-0.2, 0) is 4.79 Å². The molecular formula is C25H31ClN6OS. The average Bonchev–Trinajstić information content (AvgIpc) is 3.26. The Morgan fingerprint density at radius 3 is 2.41 bits per heavy atom. The molecule has 180 valence electrons. The molecule has 1 amide bonds. The lowest BCUT2D eigenvalue weighted by molar-refractivity contribution is -0.128. The number of amides is 1. The van der Waals surface area contributed by atoms with Crippen LogP contribution in [0.4, 0.5) is 5.69 Å². The summed E-state index contributed by atoms with van der Waals surface area (Å²) < 4.78 is 2.02. The van der Waals surface area contributed by atoms with Crippen LogP contribution in [0.3, 0.4) is 0 Å². The normalized spacial score (nSPS) is 15.1. The Labute approximate surface area is 210 Å². The maximum atomic E-state index is 13.0. The van der Waals surface area contributed by atoms with E-state index in [4.69, 9.17) is 11.6 Å². The van der Waals surface area contributed by atoms with Crippen LogP contribution >= 0.6 is 23.4 Å². The van der Waals surface area contributed by atoms with E-state index in [0.29, 0.717) is 15.9 Å². The van der Waals surface area contributed by atoms with Gasteiger partial charge in [0.15, 0.2) is 11.0 Å². The molecule has 0 bridgehead atoms. The first-order chi connectivity index (χ1) is 16.3. The molecule has 1 aliphatic rings. The van der Waals surface area contributed by atoms with Gasteiger partial charge in [0, 0.05) is 42.6 Å². The molecule has 1 unspecified atom stereocenters. The van der Waals surface area contributed by atoms with Crippen molar-refractivity contribution in [3.8, 4) is 5.69 Å². The van der Waals surface area contributed by atoms with Crippen molar-refractivity contribution >= 4 is 35.0 Å². The van der Waals surface area contributed by atoms with Crippen LogP contribution in [0.15, 0.2) is 53.7 Å². The number of benzene rings is 2. The minimum atomic E-state index is 0.0583. The van der Waals surface area contributed by atoms with Gasteiger partial charge < -0.3 is 9.80 Å². The molecule has 2 heterocycles. The molecule has 34 heavy (non-hydrogen) atoms. The lowest BCUT2D eigenvalue weighted by Crippen LogP contribution is -2.49. The van der Waals surface area contributed by atoms with E-state index < -0.39 is 0 Å². The fraction of sp³-hybridized carbons (Fsp3) is 0.400. The zero-order chi connectivity index (χ0) is 24.2. The molecular weight excluding hydrogens is 468 g/mol. The molecule has 1 aromatic heterocycles. The molecule has 0 N–H and O–H groups in total. The monoisotopic (exact) mass is 498 g/mol. The Morgan fingerprint density at radius 1 is 1.06 bits per heavy atom. The minimum absolute atomic E-state index is 0.0583. The van der Waals surface area contributed by atoms with E-state index in [9.17, 15) is 4.79 Å². The van der Waals surface area contributed by atoms with Crippen LogP contribution in [0.25, 0.3) is 5.69 Å². The van der Waals surface area contributed by atoms with Crippen molar-refractivity contribution in [2.45, 2.75) is 25.0 Å². The molecule has 1 atom stereocenters. The zero-order valence-electron chi connectivity index (χ0n) is 20.1. The minimum Gasteiger partial charge on any atom is -0.368 e. The van der Waals surface area contributed by atoms with Gasteiger partial charge in [-0.2, -0.15) is 0 Å². The van der Waals surface area contributed by atoms with E-state index in [1.54, 1.807) is 0 Å². The number of hydrogen-bond donors (Lipinski definition) is 0. The summed E-state index contributed by atoms with van der Waals surface area (Å²) in [6.07, 6.45) is 0. The van der Waals surface area contributed by atoms with E-state index in [-0.39, 0.29) is 11.9 Å². The maximum absolute atomic E-state index is 13.0. The summed E-state index contributed by atoms with van der Waals surface area (Å²) >= 11 is 7.53. The molecule has 9 heteroatoms. The first kappa shape index (κ1) is 24.6. The van der Waals surface area contributed by atoms with Crippen LogP contribution in [0.5, 0.6) is 0 Å². The molecule has 7 nitrogen and oxygen atoms in total. The van der Waals surface area contributed by atoms with Crippen molar-refractivity contribution in [3.63, 3.8) is 0 Å². The van der Waals surface area contributed by atoms with Crippen molar-refractivity contribution in [1.82, 2.24) is 24.6 Å². The highest BCUT2D eigenvalue weighted by Gasteiger charge is 2.24. The Balaban J connectivity index is 1.43. The van der Waals surface area contributed by atoms with Gasteiger partial charge in [0.05, 0.1) is 11.8 Å². The highest BCUT2D eigenvalue weighted by atomic mass is 35.5. The summed E-state index contributed by atoms with van der Waals surface area (Å²) in [4.78, 5) is 19.4. The summed E-state index contributed by atoms with van der Waals surface area (Å²) in [5, 5.41) is 10.3. The van der Waals surface area contributed by atoms with Gasteiger partial charge >= 0.3 is 0 Å². The number of carbonyl (C=O) groups is 1. The summed E-state index contributed by atoms with van der Waals surface area (Å²) in [6, 6.07) is 16.2. The van der Waals surface area contributed by atoms with E-state index in [0.717, 1.165) is 37.7 Å². The van der Waals surface area contributed by atoms with Crippen molar-refractivity contribution < 1.29 is 4.79 Å². The maximum Gasteiger partial charge on any atom is 0.233 e. The highest BCUT2D eigenvalue weighted by molar-refractivity contribution is 7.99. The van der Waals surface area contributed by atoms with Gasteiger partial charge in [-0.3, -0.25) is 14.3 Å². The SMILES string of the molecule is Cc1cccc(N2CCN(C(=O)CSc3nnc(C(C)N(C)C)n3-c3ccc(Cl)cc3)CC2)c1. The van der Waals surface area contributed by atoms with E-state index in [1.807, 2.05) is 47.8 Å². The van der Waals surface area contributed by atoms with Crippen molar-refractivity contribution in [2.75, 3.05) is 50.9 Å². The molecule has 0 saturated carbocycles. The third kappa shape index (κ3) is 5.56. The Bertz CT molecular complexity index is 1120. The average molecular weight is 499 g/mol. The number of hydrogen-bond acceptors (Lipinski definition) is 6. The van der Waals surface area contributed by atoms with Gasteiger partial charge in [-0.25, -0.2) is 0 Å². The predicted octanol–water partition coefficient (Wildman–Crippen LogP) is 4.29. The van der Waals surface area contributed by atoms with Gasteiger partial charge in [0.1, 0.15) is 0 Å². The van der Waals surface area contributed by atoms with Gasteiger partial charge in [0.25, 0.3) is 0 Å². The molecule has 3 aromatic rings. The number of piperazine rings is 1. The second kappa shape index (κ2) is 10.8. The molecule has 1 aliphatic heterocycles. The van der Waals surface area contributed by atoms with Crippen LogP contribution < -0.4 is 4.90 Å². The third-order valence-electron chi connectivity index (χ3n) is 6.22. The van der Waals surface area contributed by atoms with Crippen LogP contribution in [0.2, 0.25) is 5.02 Å². The smallest absolute Gasteiger partial charge is 0.233 e. The van der Waals surface area contributed by atoms with Gasteiger partial charge in [-0.05, 0) is 69.9 Å². The van der Waals surface area contributed by atoms with Gasteiger partial charge in [-0.1, -0.05) is 35.5 Å². The largest absolute Gasteiger partial charge is 0.368 e. The third-order valence-corrected chi connectivity index (χ3v) is 7.38. The topological polar surface area (TPSA) is 57.5 Å². The number of anilines is 1. The molecule has 1 fully saturated rings. The van der Waals surface area contributed by atoms with Crippen LogP contribution in [0.1, 0.15) is 24.4 Å². The standard InChI is InChI=1S/C25H31ClN6OS/c1-18-6-5-7-22(16-18)30-12-14-31(15-13-30)23(33)17-34-25-28-27-24(19(2)29(3)4)32(25)21-10-8-20(26)9-11-21/h5-11,16,19H,12-15,17H2,1-4H3. The van der Waals surface area contributed by atoms with E-state index >= 15 is 0 Å². The summed E-state index contributed by atoms with van der Waals surface area (Å²) in [6.45, 7) is 7.31. The molecule has 4 rings (SSSR count). The number of thioether (sulfide) groups is 1. The molecule has 1 saturated heterocycles. The van der Waals surface area contributed by atoms with Gasteiger partial charge in [-0.15, -0.1) is 10.2 Å². The van der Waals surface area contributed by atoms with Crippen LogP contribution in [0, 0.1) is 6.92 Å². The number of halogens is 1. The van der Waals surface area contributed by atoms with E-state index in [2.05, 4.69) is 58.1 Å².